The monoisotopic (exact) mass is 172 g/mol. The molecule has 1 atom stereocenters. The summed E-state index contributed by atoms with van der Waals surface area (Å²) < 4.78 is 0. The number of hydrogen-bond acceptors (Lipinski definition) is 3. The lowest BCUT2D eigenvalue weighted by Gasteiger charge is -2.18. The number of nitrogens with two attached hydrogens (primary N) is 1. The predicted molar refractivity (Wildman–Crippen MR) is 41.4 cm³/mol. The first kappa shape index (κ1) is 8.99. The van der Waals surface area contributed by atoms with Gasteiger partial charge in [0.05, 0.1) is 6.54 Å². The number of amides is 1. The first-order valence-electron chi connectivity index (χ1n) is 3.86. The van der Waals surface area contributed by atoms with Crippen LogP contribution in [0.5, 0.6) is 0 Å². The quantitative estimate of drug-likeness (QED) is 0.573. The van der Waals surface area contributed by atoms with Gasteiger partial charge in [-0.1, -0.05) is 0 Å². The van der Waals surface area contributed by atoms with E-state index < -0.39 is 17.9 Å². The van der Waals surface area contributed by atoms with Gasteiger partial charge in [-0.05, 0) is 19.4 Å². The van der Waals surface area contributed by atoms with E-state index in [2.05, 4.69) is 0 Å². The summed E-state index contributed by atoms with van der Waals surface area (Å²) >= 11 is 0. The number of rotatable bonds is 3. The van der Waals surface area contributed by atoms with Crippen molar-refractivity contribution in [2.75, 3.05) is 13.1 Å². The van der Waals surface area contributed by atoms with Gasteiger partial charge in [-0.15, -0.1) is 0 Å². The number of likely N-dealkylation sites (tertiary alicyclic amines) is 1. The Labute approximate surface area is 70.1 Å². The minimum absolute atomic E-state index is 0.0525. The van der Waals surface area contributed by atoms with Gasteiger partial charge in [0.15, 0.2) is 0 Å². The summed E-state index contributed by atoms with van der Waals surface area (Å²) in [5, 5.41) is 8.70. The molecule has 1 heterocycles. The summed E-state index contributed by atoms with van der Waals surface area (Å²) in [5.74, 6) is -1.34. The minimum Gasteiger partial charge on any atom is -0.480 e. The van der Waals surface area contributed by atoms with Crippen LogP contribution < -0.4 is 5.73 Å². The molecule has 1 rings (SSSR count). The molecule has 0 spiro atoms. The lowest BCUT2D eigenvalue weighted by atomic mass is 10.2. The maximum atomic E-state index is 10.6. The molecule has 1 saturated heterocycles. The van der Waals surface area contributed by atoms with Crippen molar-refractivity contribution in [3.63, 3.8) is 0 Å². The molecule has 5 nitrogen and oxygen atoms in total. The van der Waals surface area contributed by atoms with Crippen LogP contribution in [-0.4, -0.2) is 41.0 Å². The molecule has 0 aromatic heterocycles. The van der Waals surface area contributed by atoms with Crippen LogP contribution in [0.25, 0.3) is 0 Å². The Hall–Kier alpha value is -1.10. The number of nitrogens with zero attached hydrogens (tertiary/aromatic N) is 1. The third-order valence-corrected chi connectivity index (χ3v) is 2.01. The lowest BCUT2D eigenvalue weighted by molar-refractivity contribution is -0.142. The van der Waals surface area contributed by atoms with Gasteiger partial charge in [-0.25, -0.2) is 0 Å². The smallest absolute Gasteiger partial charge is 0.320 e. The fourth-order valence-corrected chi connectivity index (χ4v) is 1.50. The number of carboxylic acids is 1. The summed E-state index contributed by atoms with van der Waals surface area (Å²) in [4.78, 5) is 22.7. The lowest BCUT2D eigenvalue weighted by Crippen LogP contribution is -2.41. The second-order valence-corrected chi connectivity index (χ2v) is 2.93. The highest BCUT2D eigenvalue weighted by Crippen LogP contribution is 2.16. The van der Waals surface area contributed by atoms with E-state index in [0.29, 0.717) is 13.0 Å². The van der Waals surface area contributed by atoms with Crippen molar-refractivity contribution in [3.05, 3.63) is 0 Å². The predicted octanol–water partition coefficient (Wildman–Crippen LogP) is -0.979. The molecule has 0 bridgehead atoms. The largest absolute Gasteiger partial charge is 0.480 e. The molecule has 68 valence electrons. The Balaban J connectivity index is 2.52. The molecule has 1 aliphatic heterocycles. The van der Waals surface area contributed by atoms with Gasteiger partial charge in [0.1, 0.15) is 6.04 Å². The van der Waals surface area contributed by atoms with E-state index in [0.717, 1.165) is 6.42 Å². The van der Waals surface area contributed by atoms with E-state index in [-0.39, 0.29) is 6.54 Å². The summed E-state index contributed by atoms with van der Waals surface area (Å²) in [6.45, 7) is 0.705. The Kier molecular flexibility index (Phi) is 2.65. The van der Waals surface area contributed by atoms with E-state index >= 15 is 0 Å². The van der Waals surface area contributed by atoms with Crippen LogP contribution in [-0.2, 0) is 9.59 Å². The molecule has 0 aromatic rings. The number of carbonyl (C=O) groups excluding carboxylic acids is 1. The minimum atomic E-state index is -0.867. The van der Waals surface area contributed by atoms with Gasteiger partial charge in [0.2, 0.25) is 5.91 Å². The van der Waals surface area contributed by atoms with E-state index in [4.69, 9.17) is 10.8 Å². The summed E-state index contributed by atoms with van der Waals surface area (Å²) in [6, 6.07) is -0.516. The van der Waals surface area contributed by atoms with Crippen LogP contribution in [0, 0.1) is 0 Å². The van der Waals surface area contributed by atoms with Gasteiger partial charge in [0.25, 0.3) is 0 Å². The highest BCUT2D eigenvalue weighted by atomic mass is 16.4. The molecule has 3 N–H and O–H groups in total. The van der Waals surface area contributed by atoms with Gasteiger partial charge in [0, 0.05) is 0 Å². The van der Waals surface area contributed by atoms with Crippen LogP contribution >= 0.6 is 0 Å². The van der Waals surface area contributed by atoms with Gasteiger partial charge >= 0.3 is 5.97 Å². The molecule has 1 amide bonds. The van der Waals surface area contributed by atoms with Gasteiger partial charge < -0.3 is 10.8 Å². The number of primary amides is 1. The zero-order valence-corrected chi connectivity index (χ0v) is 6.69. The third-order valence-electron chi connectivity index (χ3n) is 2.01. The molecule has 5 heteroatoms. The average Bonchev–Trinajstić information content (AvgIpc) is 2.33. The van der Waals surface area contributed by atoms with Crippen molar-refractivity contribution in [1.82, 2.24) is 4.90 Å². The summed E-state index contributed by atoms with van der Waals surface area (Å²) in [5.41, 5.74) is 4.96. The highest BCUT2D eigenvalue weighted by Gasteiger charge is 2.30. The molecular weight excluding hydrogens is 160 g/mol. The van der Waals surface area contributed by atoms with Crippen molar-refractivity contribution in [2.45, 2.75) is 18.9 Å². The number of carboxylic acid groups (broad SMARTS) is 1. The number of aliphatic carboxylic acids is 1. The fourth-order valence-electron chi connectivity index (χ4n) is 1.50. The zero-order valence-electron chi connectivity index (χ0n) is 6.69. The maximum absolute atomic E-state index is 10.6. The maximum Gasteiger partial charge on any atom is 0.320 e. The SMILES string of the molecule is NC(=O)CN1CCC[C@H]1C(=O)O. The van der Waals surface area contributed by atoms with E-state index in [1.54, 1.807) is 4.90 Å². The van der Waals surface area contributed by atoms with Crippen molar-refractivity contribution >= 4 is 11.9 Å². The van der Waals surface area contributed by atoms with Crippen LogP contribution in [0.2, 0.25) is 0 Å². The summed E-state index contributed by atoms with van der Waals surface area (Å²) in [6.07, 6.45) is 1.44. The fraction of sp³-hybridized carbons (Fsp3) is 0.714. The van der Waals surface area contributed by atoms with Crippen molar-refractivity contribution < 1.29 is 14.7 Å². The Bertz CT molecular complexity index is 205. The zero-order chi connectivity index (χ0) is 9.14. The highest BCUT2D eigenvalue weighted by molar-refractivity contribution is 5.78. The first-order valence-corrected chi connectivity index (χ1v) is 3.86. The molecule has 0 aromatic carbocycles. The second kappa shape index (κ2) is 3.53. The van der Waals surface area contributed by atoms with Gasteiger partial charge in [-0.3, -0.25) is 14.5 Å². The van der Waals surface area contributed by atoms with Crippen molar-refractivity contribution in [3.8, 4) is 0 Å². The first-order chi connectivity index (χ1) is 5.61. The molecule has 0 saturated carbocycles. The number of hydrogen-bond donors (Lipinski definition) is 2. The Morgan fingerprint density at radius 2 is 2.25 bits per heavy atom. The van der Waals surface area contributed by atoms with Crippen LogP contribution in [0.15, 0.2) is 0 Å². The molecule has 12 heavy (non-hydrogen) atoms. The second-order valence-electron chi connectivity index (χ2n) is 2.93. The van der Waals surface area contributed by atoms with E-state index in [1.165, 1.54) is 0 Å². The van der Waals surface area contributed by atoms with Crippen LogP contribution in [0.1, 0.15) is 12.8 Å². The van der Waals surface area contributed by atoms with Crippen molar-refractivity contribution in [1.29, 1.82) is 0 Å². The standard InChI is InChI=1S/C7H12N2O3/c8-6(10)4-9-3-1-2-5(9)7(11)12/h5H,1-4H2,(H2,8,10)(H,11,12)/t5-/m0/s1. The van der Waals surface area contributed by atoms with E-state index in [9.17, 15) is 9.59 Å². The molecule has 1 aliphatic rings. The molecule has 0 radical (unpaired) electrons. The third kappa shape index (κ3) is 1.94. The topological polar surface area (TPSA) is 83.6 Å². The normalized spacial score (nSPS) is 24.2. The molecule has 0 aliphatic carbocycles. The Morgan fingerprint density at radius 3 is 2.75 bits per heavy atom. The molecule has 1 fully saturated rings. The van der Waals surface area contributed by atoms with E-state index in [1.807, 2.05) is 0 Å². The molecular formula is C7H12N2O3. The van der Waals surface area contributed by atoms with Crippen LogP contribution in [0.3, 0.4) is 0 Å². The van der Waals surface area contributed by atoms with Crippen LogP contribution in [0.4, 0.5) is 0 Å². The summed E-state index contributed by atoms with van der Waals surface area (Å²) in [7, 11) is 0. The van der Waals surface area contributed by atoms with Crippen molar-refractivity contribution in [2.24, 2.45) is 5.73 Å². The van der Waals surface area contributed by atoms with Gasteiger partial charge in [-0.2, -0.15) is 0 Å². The molecule has 0 unspecified atom stereocenters. The Morgan fingerprint density at radius 1 is 1.58 bits per heavy atom. The average molecular weight is 172 g/mol. The number of carbonyl (C=O) groups is 2.